The number of carbonyl (C=O) groups is 1. The van der Waals surface area contributed by atoms with Crippen molar-refractivity contribution in [2.24, 2.45) is 0 Å². The number of nitrogens with one attached hydrogen (secondary N) is 2. The highest BCUT2D eigenvalue weighted by Crippen LogP contribution is 2.36. The van der Waals surface area contributed by atoms with E-state index in [1.54, 1.807) is 13.0 Å². The van der Waals surface area contributed by atoms with Gasteiger partial charge in [-0.1, -0.05) is 43.6 Å². The van der Waals surface area contributed by atoms with Crippen LogP contribution >= 0.6 is 11.6 Å². The van der Waals surface area contributed by atoms with E-state index in [0.717, 1.165) is 17.7 Å². The van der Waals surface area contributed by atoms with E-state index in [4.69, 9.17) is 16.3 Å². The lowest BCUT2D eigenvalue weighted by Crippen LogP contribution is -2.30. The smallest absolute Gasteiger partial charge is 0.417 e. The molecule has 36 heavy (non-hydrogen) atoms. The summed E-state index contributed by atoms with van der Waals surface area (Å²) in [4.78, 5) is 12.4. The maximum Gasteiger partial charge on any atom is 0.417 e. The highest BCUT2D eigenvalue weighted by atomic mass is 35.5. The highest BCUT2D eigenvalue weighted by Gasteiger charge is 2.33. The molecule has 0 radical (unpaired) electrons. The first kappa shape index (κ1) is 27.3. The Labute approximate surface area is 212 Å². The van der Waals surface area contributed by atoms with Crippen LogP contribution in [0.3, 0.4) is 0 Å². The Morgan fingerprint density at radius 1 is 0.944 bits per heavy atom. The van der Waals surface area contributed by atoms with Gasteiger partial charge < -0.3 is 10.1 Å². The van der Waals surface area contributed by atoms with Crippen LogP contribution in [0.15, 0.2) is 71.6 Å². The molecule has 0 aromatic heterocycles. The molecule has 0 saturated carbocycles. The Bertz CT molecular complexity index is 1340. The second kappa shape index (κ2) is 10.8. The molecule has 3 rings (SSSR count). The second-order valence-electron chi connectivity index (χ2n) is 8.26. The molecule has 6 nitrogen and oxygen atoms in total. The normalized spacial score (nSPS) is 12.8. The minimum Gasteiger partial charge on any atom is -0.481 e. The predicted molar refractivity (Wildman–Crippen MR) is 133 cm³/mol. The van der Waals surface area contributed by atoms with Crippen molar-refractivity contribution in [3.63, 3.8) is 0 Å². The molecule has 0 fully saturated rings. The molecule has 0 saturated heterocycles. The summed E-state index contributed by atoms with van der Waals surface area (Å²) in [6, 6.07) is 15.3. The average Bonchev–Trinajstić information content (AvgIpc) is 2.80. The van der Waals surface area contributed by atoms with Gasteiger partial charge in [0.2, 0.25) is 0 Å². The number of hydrogen-bond donors (Lipinski definition) is 2. The molecule has 0 heterocycles. The Morgan fingerprint density at radius 3 is 2.17 bits per heavy atom. The molecular weight excluding hydrogens is 517 g/mol. The lowest BCUT2D eigenvalue weighted by molar-refractivity contribution is -0.137. The van der Waals surface area contributed by atoms with Crippen LogP contribution < -0.4 is 14.8 Å². The van der Waals surface area contributed by atoms with Gasteiger partial charge in [-0.3, -0.25) is 9.52 Å². The monoisotopic (exact) mass is 540 g/mol. The minimum atomic E-state index is -4.74. The second-order valence-corrected chi connectivity index (χ2v) is 10.4. The number of amides is 1. The quantitative estimate of drug-likeness (QED) is 0.333. The first-order valence-electron chi connectivity index (χ1n) is 10.8. The largest absolute Gasteiger partial charge is 0.481 e. The summed E-state index contributed by atoms with van der Waals surface area (Å²) in [5.41, 5.74) is -0.175. The van der Waals surface area contributed by atoms with Crippen molar-refractivity contribution in [1.29, 1.82) is 0 Å². The topological polar surface area (TPSA) is 84.5 Å². The van der Waals surface area contributed by atoms with Gasteiger partial charge >= 0.3 is 6.18 Å². The van der Waals surface area contributed by atoms with E-state index < -0.39 is 38.8 Å². The molecule has 0 unspecified atom stereocenters. The lowest BCUT2D eigenvalue weighted by Gasteiger charge is -2.18. The van der Waals surface area contributed by atoms with Crippen LogP contribution in [0.1, 0.15) is 37.8 Å². The van der Waals surface area contributed by atoms with Crippen molar-refractivity contribution in [3.8, 4) is 5.75 Å². The first-order chi connectivity index (χ1) is 16.8. The molecule has 0 spiro atoms. The summed E-state index contributed by atoms with van der Waals surface area (Å²) < 4.78 is 72.4. The Balaban J connectivity index is 1.69. The summed E-state index contributed by atoms with van der Waals surface area (Å²) in [6.45, 7) is 5.62. The molecule has 0 aliphatic heterocycles. The zero-order chi connectivity index (χ0) is 26.7. The van der Waals surface area contributed by atoms with Crippen LogP contribution in [-0.4, -0.2) is 20.4 Å². The lowest BCUT2D eigenvalue weighted by atomic mass is 10.0. The number of ether oxygens (including phenoxy) is 1. The van der Waals surface area contributed by atoms with Gasteiger partial charge in [0, 0.05) is 11.4 Å². The molecule has 192 valence electrons. The Morgan fingerprint density at radius 2 is 1.56 bits per heavy atom. The molecule has 1 amide bonds. The van der Waals surface area contributed by atoms with Gasteiger partial charge in [-0.25, -0.2) is 8.42 Å². The highest BCUT2D eigenvalue weighted by molar-refractivity contribution is 7.92. The third-order valence-electron chi connectivity index (χ3n) is 5.17. The SMILES string of the molecule is CC(C)c1ccccc1O[C@@H](C)C(=O)Nc1ccc(S(=O)(=O)Nc2ccc(Cl)c(C(F)(F)F)c2)cc1. The minimum absolute atomic E-state index is 0.201. The third-order valence-corrected chi connectivity index (χ3v) is 6.90. The number of halogens is 4. The maximum absolute atomic E-state index is 13.1. The van der Waals surface area contributed by atoms with E-state index in [2.05, 4.69) is 10.0 Å². The molecule has 0 aliphatic rings. The fourth-order valence-electron chi connectivity index (χ4n) is 3.29. The third kappa shape index (κ3) is 6.70. The van der Waals surface area contributed by atoms with Crippen LogP contribution in [0, 0.1) is 0 Å². The van der Waals surface area contributed by atoms with Crippen LogP contribution in [-0.2, 0) is 21.0 Å². The van der Waals surface area contributed by atoms with Crippen LogP contribution in [0.5, 0.6) is 5.75 Å². The zero-order valence-corrected chi connectivity index (χ0v) is 21.1. The number of benzene rings is 3. The zero-order valence-electron chi connectivity index (χ0n) is 19.6. The van der Waals surface area contributed by atoms with Gasteiger partial charge in [-0.15, -0.1) is 0 Å². The van der Waals surface area contributed by atoms with Gasteiger partial charge in [0.1, 0.15) is 5.75 Å². The molecule has 3 aromatic rings. The number of carbonyl (C=O) groups excluding carboxylic acids is 1. The molecule has 1 atom stereocenters. The van der Waals surface area contributed by atoms with Crippen molar-refractivity contribution in [3.05, 3.63) is 82.9 Å². The average molecular weight is 541 g/mol. The van der Waals surface area contributed by atoms with Gasteiger partial charge in [-0.2, -0.15) is 13.2 Å². The van der Waals surface area contributed by atoms with Crippen molar-refractivity contribution >= 4 is 38.9 Å². The first-order valence-corrected chi connectivity index (χ1v) is 12.7. The number of hydrogen-bond acceptors (Lipinski definition) is 4. The Kier molecular flexibility index (Phi) is 8.20. The number of para-hydroxylation sites is 1. The summed E-state index contributed by atoms with van der Waals surface area (Å²) in [5, 5.41) is 2.11. The van der Waals surface area contributed by atoms with Gasteiger partial charge in [-0.05, 0) is 66.9 Å². The molecule has 2 N–H and O–H groups in total. The molecule has 3 aromatic carbocycles. The molecule has 0 bridgehead atoms. The van der Waals surface area contributed by atoms with E-state index in [-0.39, 0.29) is 16.5 Å². The summed E-state index contributed by atoms with van der Waals surface area (Å²) in [7, 11) is -4.20. The maximum atomic E-state index is 13.1. The summed E-state index contributed by atoms with van der Waals surface area (Å²) in [6.07, 6.45) is -5.57. The summed E-state index contributed by atoms with van der Waals surface area (Å²) in [5.74, 6) is 0.356. The molecule has 0 aliphatic carbocycles. The van der Waals surface area contributed by atoms with E-state index in [1.165, 1.54) is 24.3 Å². The fraction of sp³-hybridized carbons (Fsp3) is 0.240. The van der Waals surface area contributed by atoms with Crippen molar-refractivity contribution in [1.82, 2.24) is 0 Å². The van der Waals surface area contributed by atoms with Crippen LogP contribution in [0.25, 0.3) is 0 Å². The van der Waals surface area contributed by atoms with Gasteiger partial charge in [0.15, 0.2) is 6.10 Å². The van der Waals surface area contributed by atoms with E-state index in [9.17, 15) is 26.4 Å². The van der Waals surface area contributed by atoms with E-state index in [1.807, 2.05) is 32.0 Å². The number of anilines is 2. The van der Waals surface area contributed by atoms with Crippen LogP contribution in [0.4, 0.5) is 24.5 Å². The van der Waals surface area contributed by atoms with Gasteiger partial charge in [0.05, 0.1) is 15.5 Å². The van der Waals surface area contributed by atoms with E-state index >= 15 is 0 Å². The Hall–Kier alpha value is -3.24. The van der Waals surface area contributed by atoms with Gasteiger partial charge in [0.25, 0.3) is 15.9 Å². The molecule has 11 heteroatoms. The standard InChI is InChI=1S/C25H24ClF3N2O4S/c1-15(2)20-6-4-5-7-23(20)35-16(3)24(32)30-17-8-11-19(12-9-17)36(33,34)31-18-10-13-22(26)21(14-18)25(27,28)29/h4-16,31H,1-3H3,(H,30,32)/t16-/m0/s1. The number of alkyl halides is 3. The fourth-order valence-corrected chi connectivity index (χ4v) is 4.56. The van der Waals surface area contributed by atoms with Crippen molar-refractivity contribution in [2.45, 2.75) is 43.9 Å². The van der Waals surface area contributed by atoms with Crippen molar-refractivity contribution < 1.29 is 31.1 Å². The summed E-state index contributed by atoms with van der Waals surface area (Å²) >= 11 is 5.58. The number of rotatable bonds is 8. The van der Waals surface area contributed by atoms with E-state index in [0.29, 0.717) is 17.5 Å². The van der Waals surface area contributed by atoms with Crippen molar-refractivity contribution in [2.75, 3.05) is 10.0 Å². The number of sulfonamides is 1. The van der Waals surface area contributed by atoms with Crippen LogP contribution in [0.2, 0.25) is 5.02 Å². The molecular formula is C25H24ClF3N2O4S. The predicted octanol–water partition coefficient (Wildman–Crippen LogP) is 6.69.